The molecule has 0 N–H and O–H groups in total. The van der Waals surface area contributed by atoms with Crippen LogP contribution in [-0.4, -0.2) is 9.97 Å². The molecular formula is C18H12N2O2S2. The Labute approximate surface area is 146 Å². The van der Waals surface area contributed by atoms with Crippen LogP contribution < -0.4 is 5.63 Å². The van der Waals surface area contributed by atoms with Gasteiger partial charge in [-0.3, -0.25) is 4.98 Å². The van der Waals surface area contributed by atoms with Crippen LogP contribution in [0.25, 0.3) is 22.1 Å². The first-order valence-corrected chi connectivity index (χ1v) is 8.97. The maximum Gasteiger partial charge on any atom is 0.336 e. The average Bonchev–Trinajstić information content (AvgIpc) is 2.99. The van der Waals surface area contributed by atoms with E-state index < -0.39 is 0 Å². The molecule has 1 aromatic carbocycles. The summed E-state index contributed by atoms with van der Waals surface area (Å²) in [5.74, 6) is 0. The Bertz CT molecular complexity index is 1070. The standard InChI is InChI=1S/C18H12N2O2S2/c1-11-10-23-18(20-11)24-13-4-5-14-15(12-3-2-6-19-9-12)8-17(21)22-16(14)7-13/h2-10H,1H3. The van der Waals surface area contributed by atoms with Crippen molar-refractivity contribution >= 4 is 34.1 Å². The Morgan fingerprint density at radius 3 is 2.88 bits per heavy atom. The highest BCUT2D eigenvalue weighted by Crippen LogP contribution is 2.34. The van der Waals surface area contributed by atoms with Crippen LogP contribution in [0.15, 0.2) is 72.6 Å². The Morgan fingerprint density at radius 2 is 2.12 bits per heavy atom. The van der Waals surface area contributed by atoms with E-state index in [2.05, 4.69) is 9.97 Å². The summed E-state index contributed by atoms with van der Waals surface area (Å²) in [4.78, 5) is 21.5. The lowest BCUT2D eigenvalue weighted by Gasteiger charge is -2.06. The smallest absolute Gasteiger partial charge is 0.336 e. The molecule has 0 aliphatic heterocycles. The molecule has 0 unspecified atom stereocenters. The number of hydrogen-bond acceptors (Lipinski definition) is 6. The third-order valence-corrected chi connectivity index (χ3v) is 5.54. The van der Waals surface area contributed by atoms with Crippen molar-refractivity contribution in [3.63, 3.8) is 0 Å². The van der Waals surface area contributed by atoms with Crippen LogP contribution in [0, 0.1) is 6.92 Å². The largest absolute Gasteiger partial charge is 0.423 e. The second kappa shape index (κ2) is 6.22. The predicted octanol–water partition coefficient (Wildman–Crippen LogP) is 4.77. The molecule has 0 fully saturated rings. The number of benzene rings is 1. The molecular weight excluding hydrogens is 340 g/mol. The van der Waals surface area contributed by atoms with Crippen molar-refractivity contribution in [2.75, 3.05) is 0 Å². The van der Waals surface area contributed by atoms with Gasteiger partial charge in [-0.15, -0.1) is 11.3 Å². The first-order chi connectivity index (χ1) is 11.7. The monoisotopic (exact) mass is 352 g/mol. The molecule has 0 bridgehead atoms. The Kier molecular flexibility index (Phi) is 3.92. The van der Waals surface area contributed by atoms with Gasteiger partial charge in [0.05, 0.1) is 0 Å². The molecule has 4 nitrogen and oxygen atoms in total. The lowest BCUT2D eigenvalue weighted by molar-refractivity contribution is 0.561. The Morgan fingerprint density at radius 1 is 1.21 bits per heavy atom. The van der Waals surface area contributed by atoms with Crippen LogP contribution in [0.5, 0.6) is 0 Å². The minimum atomic E-state index is -0.367. The molecule has 0 aliphatic carbocycles. The van der Waals surface area contributed by atoms with Gasteiger partial charge in [-0.05, 0) is 31.2 Å². The molecule has 0 atom stereocenters. The molecule has 3 heterocycles. The zero-order valence-electron chi connectivity index (χ0n) is 12.7. The second-order valence-corrected chi connectivity index (χ2v) is 7.41. The van der Waals surface area contributed by atoms with Gasteiger partial charge in [0.1, 0.15) is 5.58 Å². The van der Waals surface area contributed by atoms with Crippen molar-refractivity contribution in [3.05, 3.63) is 70.3 Å². The van der Waals surface area contributed by atoms with Crippen LogP contribution >= 0.6 is 23.1 Å². The van der Waals surface area contributed by atoms with Gasteiger partial charge < -0.3 is 4.42 Å². The molecule has 0 spiro atoms. The highest BCUT2D eigenvalue weighted by Gasteiger charge is 2.10. The van der Waals surface area contributed by atoms with E-state index in [1.54, 1.807) is 35.5 Å². The number of hydrogen-bond donors (Lipinski definition) is 0. The molecule has 4 rings (SSSR count). The number of thiazole rings is 1. The third kappa shape index (κ3) is 2.98. The van der Waals surface area contributed by atoms with E-state index in [0.717, 1.165) is 31.4 Å². The number of fused-ring (bicyclic) bond motifs is 1. The molecule has 24 heavy (non-hydrogen) atoms. The van der Waals surface area contributed by atoms with Gasteiger partial charge in [-0.25, -0.2) is 9.78 Å². The molecule has 0 saturated carbocycles. The van der Waals surface area contributed by atoms with Crippen molar-refractivity contribution in [1.29, 1.82) is 0 Å². The average molecular weight is 352 g/mol. The normalized spacial score (nSPS) is 11.0. The van der Waals surface area contributed by atoms with E-state index in [1.165, 1.54) is 6.07 Å². The number of rotatable bonds is 3. The second-order valence-electron chi connectivity index (χ2n) is 5.24. The summed E-state index contributed by atoms with van der Waals surface area (Å²) in [6.45, 7) is 1.97. The lowest BCUT2D eigenvalue weighted by atomic mass is 10.0. The number of nitrogens with zero attached hydrogens (tertiary/aromatic N) is 2. The number of aromatic nitrogens is 2. The Hall–Kier alpha value is -2.44. The fourth-order valence-corrected chi connectivity index (χ4v) is 4.29. The first kappa shape index (κ1) is 15.1. The lowest BCUT2D eigenvalue weighted by Crippen LogP contribution is -1.98. The summed E-state index contributed by atoms with van der Waals surface area (Å²) in [5.41, 5.74) is 2.93. The van der Waals surface area contributed by atoms with Gasteiger partial charge in [0, 0.05) is 50.9 Å². The molecule has 6 heteroatoms. The van der Waals surface area contributed by atoms with E-state index in [1.807, 2.05) is 42.6 Å². The summed E-state index contributed by atoms with van der Waals surface area (Å²) >= 11 is 3.17. The summed E-state index contributed by atoms with van der Waals surface area (Å²) in [6.07, 6.45) is 3.46. The Balaban J connectivity index is 1.82. The maximum atomic E-state index is 11.9. The van der Waals surface area contributed by atoms with Crippen LogP contribution in [0.3, 0.4) is 0 Å². The summed E-state index contributed by atoms with van der Waals surface area (Å²) < 4.78 is 6.37. The van der Waals surface area contributed by atoms with Crippen molar-refractivity contribution in [2.24, 2.45) is 0 Å². The van der Waals surface area contributed by atoms with Gasteiger partial charge in [-0.1, -0.05) is 17.8 Å². The van der Waals surface area contributed by atoms with Gasteiger partial charge in [-0.2, -0.15) is 0 Å². The van der Waals surface area contributed by atoms with Crippen molar-refractivity contribution in [3.8, 4) is 11.1 Å². The highest BCUT2D eigenvalue weighted by molar-refractivity contribution is 8.01. The van der Waals surface area contributed by atoms with Crippen LogP contribution in [-0.2, 0) is 0 Å². The van der Waals surface area contributed by atoms with Crippen LogP contribution in [0.1, 0.15) is 5.69 Å². The van der Waals surface area contributed by atoms with Crippen molar-refractivity contribution in [2.45, 2.75) is 16.2 Å². The van der Waals surface area contributed by atoms with Gasteiger partial charge in [0.2, 0.25) is 0 Å². The fraction of sp³-hybridized carbons (Fsp3) is 0.0556. The predicted molar refractivity (Wildman–Crippen MR) is 96.7 cm³/mol. The molecule has 0 aliphatic rings. The van der Waals surface area contributed by atoms with Crippen molar-refractivity contribution < 1.29 is 4.42 Å². The summed E-state index contributed by atoms with van der Waals surface area (Å²) in [5, 5.41) is 2.91. The molecule has 0 amide bonds. The topological polar surface area (TPSA) is 56.0 Å². The van der Waals surface area contributed by atoms with Crippen LogP contribution in [0.2, 0.25) is 0 Å². The van der Waals surface area contributed by atoms with Gasteiger partial charge >= 0.3 is 5.63 Å². The molecule has 3 aromatic heterocycles. The minimum absolute atomic E-state index is 0.367. The van der Waals surface area contributed by atoms with E-state index in [-0.39, 0.29) is 5.63 Å². The zero-order chi connectivity index (χ0) is 16.5. The highest BCUT2D eigenvalue weighted by atomic mass is 32.2. The van der Waals surface area contributed by atoms with E-state index in [9.17, 15) is 4.79 Å². The van der Waals surface area contributed by atoms with E-state index >= 15 is 0 Å². The SMILES string of the molecule is Cc1csc(Sc2ccc3c(-c4cccnc4)cc(=O)oc3c2)n1. The first-order valence-electron chi connectivity index (χ1n) is 7.27. The van der Waals surface area contributed by atoms with Crippen LogP contribution in [0.4, 0.5) is 0 Å². The maximum absolute atomic E-state index is 11.9. The summed E-state index contributed by atoms with van der Waals surface area (Å²) in [7, 11) is 0. The number of pyridine rings is 1. The molecule has 4 aromatic rings. The van der Waals surface area contributed by atoms with E-state index in [0.29, 0.717) is 5.58 Å². The molecule has 0 saturated heterocycles. The van der Waals surface area contributed by atoms with Gasteiger partial charge in [0.15, 0.2) is 4.34 Å². The molecule has 0 radical (unpaired) electrons. The quantitative estimate of drug-likeness (QED) is 0.497. The van der Waals surface area contributed by atoms with E-state index in [4.69, 9.17) is 4.42 Å². The third-order valence-electron chi connectivity index (χ3n) is 3.49. The fourth-order valence-electron chi connectivity index (χ4n) is 2.45. The van der Waals surface area contributed by atoms with Gasteiger partial charge in [0.25, 0.3) is 0 Å². The zero-order valence-corrected chi connectivity index (χ0v) is 14.4. The minimum Gasteiger partial charge on any atom is -0.423 e. The number of aryl methyl sites for hydroxylation is 1. The van der Waals surface area contributed by atoms with Crippen molar-refractivity contribution in [1.82, 2.24) is 9.97 Å². The summed E-state index contributed by atoms with van der Waals surface area (Å²) in [6, 6.07) is 11.2. The molecule has 118 valence electrons.